The lowest BCUT2D eigenvalue weighted by atomic mass is 10.3. The van der Waals surface area contributed by atoms with Gasteiger partial charge >= 0.3 is 0 Å². The zero-order chi connectivity index (χ0) is 16.0. The normalized spacial score (nSPS) is 12.0. The highest BCUT2D eigenvalue weighted by molar-refractivity contribution is 7.89. The van der Waals surface area contributed by atoms with Crippen LogP contribution in [0.2, 0.25) is 0 Å². The van der Waals surface area contributed by atoms with Gasteiger partial charge in [-0.1, -0.05) is 0 Å². The lowest BCUT2D eigenvalue weighted by molar-refractivity contribution is 0.162. The number of likely N-dealkylation sites (N-methyl/N-ethyl adjacent to an activating group) is 1. The summed E-state index contributed by atoms with van der Waals surface area (Å²) >= 11 is 0. The molecule has 9 heteroatoms. The molecule has 0 spiro atoms. The average molecular weight is 323 g/mol. The second-order valence-corrected chi connectivity index (χ2v) is 6.23. The lowest BCUT2D eigenvalue weighted by Crippen LogP contribution is -2.34. The number of halogens is 2. The molecule has 1 aromatic carbocycles. The van der Waals surface area contributed by atoms with Gasteiger partial charge in [0.2, 0.25) is 10.0 Å². The van der Waals surface area contributed by atoms with Crippen LogP contribution >= 0.6 is 0 Å². The minimum absolute atomic E-state index is 0.0826. The molecule has 0 fully saturated rings. The number of nitrogens with two attached hydrogens (primary N) is 1. The summed E-state index contributed by atoms with van der Waals surface area (Å²) in [7, 11) is -0.713. The standard InChI is InChI=1S/C12H19F2N3O3S/c1-17(5-6-20-2)4-3-16-21(18,19)12-8-11(15)9(13)7-10(12)14/h7-8,16H,3-6,15H2,1-2H3. The number of nitrogen functional groups attached to an aromatic ring is 1. The quantitative estimate of drug-likeness (QED) is 0.677. The first-order chi connectivity index (χ1) is 9.77. The van der Waals surface area contributed by atoms with Crippen molar-refractivity contribution in [3.8, 4) is 0 Å². The predicted octanol–water partition coefficient (Wildman–Crippen LogP) is 0.404. The second-order valence-electron chi connectivity index (χ2n) is 4.50. The van der Waals surface area contributed by atoms with E-state index in [0.29, 0.717) is 25.8 Å². The Morgan fingerprint density at radius 3 is 2.57 bits per heavy atom. The smallest absolute Gasteiger partial charge is 0.243 e. The summed E-state index contributed by atoms with van der Waals surface area (Å²) in [6, 6.07) is 1.22. The van der Waals surface area contributed by atoms with Crippen LogP contribution < -0.4 is 10.5 Å². The lowest BCUT2D eigenvalue weighted by Gasteiger charge is -2.16. The van der Waals surface area contributed by atoms with Crippen LogP contribution in [-0.4, -0.2) is 53.7 Å². The molecule has 0 aliphatic carbocycles. The van der Waals surface area contributed by atoms with Gasteiger partial charge in [-0.05, 0) is 13.1 Å². The average Bonchev–Trinajstić information content (AvgIpc) is 2.40. The van der Waals surface area contributed by atoms with Gasteiger partial charge in [0.15, 0.2) is 0 Å². The van der Waals surface area contributed by atoms with Crippen molar-refractivity contribution >= 4 is 15.7 Å². The largest absolute Gasteiger partial charge is 0.396 e. The molecule has 0 unspecified atom stereocenters. The number of benzene rings is 1. The third-order valence-corrected chi connectivity index (χ3v) is 4.28. The van der Waals surface area contributed by atoms with Crippen molar-refractivity contribution in [3.05, 3.63) is 23.8 Å². The summed E-state index contributed by atoms with van der Waals surface area (Å²) in [6.45, 7) is 1.66. The van der Waals surface area contributed by atoms with Crippen molar-refractivity contribution in [2.45, 2.75) is 4.90 Å². The molecule has 0 aromatic heterocycles. The number of hydrogen-bond acceptors (Lipinski definition) is 5. The van der Waals surface area contributed by atoms with Gasteiger partial charge in [-0.3, -0.25) is 0 Å². The molecule has 0 radical (unpaired) electrons. The second kappa shape index (κ2) is 7.64. The SMILES string of the molecule is COCCN(C)CCNS(=O)(=O)c1cc(N)c(F)cc1F. The molecule has 0 saturated heterocycles. The Morgan fingerprint density at radius 1 is 1.29 bits per heavy atom. The Hall–Kier alpha value is -1.29. The number of anilines is 1. The van der Waals surface area contributed by atoms with E-state index < -0.39 is 32.2 Å². The number of ether oxygens (including phenoxy) is 1. The van der Waals surface area contributed by atoms with E-state index in [4.69, 9.17) is 10.5 Å². The number of nitrogens with one attached hydrogen (secondary N) is 1. The molecule has 1 aromatic rings. The van der Waals surface area contributed by atoms with E-state index >= 15 is 0 Å². The Balaban J connectivity index is 2.68. The Bertz CT molecular complexity index is 581. The number of nitrogens with zero attached hydrogens (tertiary/aromatic N) is 1. The number of sulfonamides is 1. The van der Waals surface area contributed by atoms with E-state index in [1.54, 1.807) is 14.2 Å². The fraction of sp³-hybridized carbons (Fsp3) is 0.500. The fourth-order valence-corrected chi connectivity index (χ4v) is 2.67. The third kappa shape index (κ3) is 5.20. The first-order valence-corrected chi connectivity index (χ1v) is 7.68. The van der Waals surface area contributed by atoms with E-state index in [9.17, 15) is 17.2 Å². The predicted molar refractivity (Wildman–Crippen MR) is 75.3 cm³/mol. The monoisotopic (exact) mass is 323 g/mol. The molecule has 0 atom stereocenters. The van der Waals surface area contributed by atoms with Gasteiger partial charge in [0.05, 0.1) is 12.3 Å². The molecule has 21 heavy (non-hydrogen) atoms. The van der Waals surface area contributed by atoms with E-state index in [1.807, 2.05) is 4.90 Å². The van der Waals surface area contributed by atoms with Crippen LogP contribution in [-0.2, 0) is 14.8 Å². The van der Waals surface area contributed by atoms with E-state index in [1.165, 1.54) is 0 Å². The number of hydrogen-bond donors (Lipinski definition) is 2. The van der Waals surface area contributed by atoms with Gasteiger partial charge in [-0.2, -0.15) is 0 Å². The molecule has 1 rings (SSSR count). The molecule has 3 N–H and O–H groups in total. The summed E-state index contributed by atoms with van der Waals surface area (Å²) in [5.74, 6) is -2.17. The highest BCUT2D eigenvalue weighted by atomic mass is 32.2. The molecule has 0 bridgehead atoms. The molecule has 0 heterocycles. The van der Waals surface area contributed by atoms with Gasteiger partial charge in [0.25, 0.3) is 0 Å². The maximum Gasteiger partial charge on any atom is 0.243 e. The van der Waals surface area contributed by atoms with Crippen LogP contribution in [0.3, 0.4) is 0 Å². The van der Waals surface area contributed by atoms with E-state index in [0.717, 1.165) is 6.07 Å². The molecule has 0 aliphatic rings. The molecule has 120 valence electrons. The van der Waals surface area contributed by atoms with Crippen molar-refractivity contribution in [2.75, 3.05) is 46.1 Å². The van der Waals surface area contributed by atoms with Crippen LogP contribution in [0.15, 0.2) is 17.0 Å². The first-order valence-electron chi connectivity index (χ1n) is 6.19. The first kappa shape index (κ1) is 17.8. The van der Waals surface area contributed by atoms with Gasteiger partial charge in [-0.15, -0.1) is 0 Å². The summed E-state index contributed by atoms with van der Waals surface area (Å²) in [4.78, 5) is 1.18. The van der Waals surface area contributed by atoms with Crippen molar-refractivity contribution in [2.24, 2.45) is 0 Å². The Kier molecular flexibility index (Phi) is 6.46. The van der Waals surface area contributed by atoms with Gasteiger partial charge in [0.1, 0.15) is 16.5 Å². The van der Waals surface area contributed by atoms with Crippen LogP contribution in [0.25, 0.3) is 0 Å². The summed E-state index contributed by atoms with van der Waals surface area (Å²) in [6.07, 6.45) is 0. The zero-order valence-electron chi connectivity index (χ0n) is 11.9. The summed E-state index contributed by atoms with van der Waals surface area (Å²) < 4.78 is 57.6. The van der Waals surface area contributed by atoms with Gasteiger partial charge < -0.3 is 15.4 Å². The summed E-state index contributed by atoms with van der Waals surface area (Å²) in [5, 5.41) is 0. The van der Waals surface area contributed by atoms with E-state index in [-0.39, 0.29) is 6.54 Å². The maximum atomic E-state index is 13.5. The number of rotatable bonds is 8. The van der Waals surface area contributed by atoms with Crippen molar-refractivity contribution < 1.29 is 21.9 Å². The van der Waals surface area contributed by atoms with E-state index in [2.05, 4.69) is 4.72 Å². The molecule has 6 nitrogen and oxygen atoms in total. The molecule has 0 aliphatic heterocycles. The van der Waals surface area contributed by atoms with Crippen LogP contribution in [0.1, 0.15) is 0 Å². The summed E-state index contributed by atoms with van der Waals surface area (Å²) in [5.41, 5.74) is 4.84. The molecule has 0 saturated carbocycles. The Morgan fingerprint density at radius 2 is 1.95 bits per heavy atom. The fourth-order valence-electron chi connectivity index (χ4n) is 1.56. The van der Waals surface area contributed by atoms with Crippen LogP contribution in [0.4, 0.5) is 14.5 Å². The van der Waals surface area contributed by atoms with Crippen molar-refractivity contribution in [3.63, 3.8) is 0 Å². The van der Waals surface area contributed by atoms with Gasteiger partial charge in [-0.25, -0.2) is 21.9 Å². The highest BCUT2D eigenvalue weighted by Crippen LogP contribution is 2.20. The van der Waals surface area contributed by atoms with Crippen LogP contribution in [0.5, 0.6) is 0 Å². The highest BCUT2D eigenvalue weighted by Gasteiger charge is 2.20. The van der Waals surface area contributed by atoms with Crippen molar-refractivity contribution in [1.82, 2.24) is 9.62 Å². The minimum atomic E-state index is -4.08. The van der Waals surface area contributed by atoms with Crippen LogP contribution in [0, 0.1) is 11.6 Å². The third-order valence-electron chi connectivity index (χ3n) is 2.80. The van der Waals surface area contributed by atoms with Gasteiger partial charge in [0, 0.05) is 32.8 Å². The molecular weight excluding hydrogens is 304 g/mol. The Labute approximate surface area is 122 Å². The zero-order valence-corrected chi connectivity index (χ0v) is 12.7. The van der Waals surface area contributed by atoms with Crippen molar-refractivity contribution in [1.29, 1.82) is 0 Å². The number of methoxy groups -OCH3 is 1. The minimum Gasteiger partial charge on any atom is -0.396 e. The topological polar surface area (TPSA) is 84.7 Å². The maximum absolute atomic E-state index is 13.5. The molecular formula is C12H19F2N3O3S. The molecule has 0 amide bonds.